The Kier molecular flexibility index (Phi) is 7.21. The fourth-order valence-corrected chi connectivity index (χ4v) is 7.43. The van der Waals surface area contributed by atoms with E-state index in [-0.39, 0.29) is 18.1 Å². The number of hydrogen-bond donors (Lipinski definition) is 2. The number of amides is 1. The van der Waals surface area contributed by atoms with Gasteiger partial charge in [0.15, 0.2) is 0 Å². The fourth-order valence-electron chi connectivity index (χ4n) is 7.43. The molecule has 7 rings (SSSR count). The van der Waals surface area contributed by atoms with Crippen LogP contribution in [0.4, 0.5) is 0 Å². The third-order valence-corrected chi connectivity index (χ3v) is 9.72. The minimum absolute atomic E-state index is 0.0757. The zero-order chi connectivity index (χ0) is 27.8. The van der Waals surface area contributed by atoms with Crippen LogP contribution in [0.1, 0.15) is 79.9 Å². The van der Waals surface area contributed by atoms with Gasteiger partial charge in [-0.1, -0.05) is 25.3 Å². The van der Waals surface area contributed by atoms with Crippen molar-refractivity contribution >= 4 is 16.8 Å². The van der Waals surface area contributed by atoms with Gasteiger partial charge in [-0.25, -0.2) is 0 Å². The van der Waals surface area contributed by atoms with Gasteiger partial charge in [0.2, 0.25) is 0 Å². The van der Waals surface area contributed by atoms with Crippen molar-refractivity contribution in [2.24, 2.45) is 5.92 Å². The van der Waals surface area contributed by atoms with Crippen LogP contribution in [0.25, 0.3) is 22.2 Å². The lowest BCUT2D eigenvalue weighted by Gasteiger charge is -2.46. The molecule has 2 aromatic carbocycles. The Bertz CT molecular complexity index is 1480. The maximum Gasteiger partial charge on any atom is 0.251 e. The second-order valence-corrected chi connectivity index (χ2v) is 12.2. The molecule has 2 N–H and O–H groups in total. The van der Waals surface area contributed by atoms with Gasteiger partial charge >= 0.3 is 0 Å². The SMILES string of the molecule is CN1[C@@H]2CCC[C@H]1CC(Oc1ccc(-c3n[nH]c4ccc(C(=O)NC(c5ccccn5)C5CCCC5)cc34)cc1)C2. The first-order valence-electron chi connectivity index (χ1n) is 15.3. The summed E-state index contributed by atoms with van der Waals surface area (Å²) in [5, 5.41) is 12.0. The van der Waals surface area contributed by atoms with Crippen molar-refractivity contribution in [3.63, 3.8) is 0 Å². The van der Waals surface area contributed by atoms with Crippen molar-refractivity contribution in [2.75, 3.05) is 7.05 Å². The lowest BCUT2D eigenvalue weighted by atomic mass is 9.83. The molecule has 1 saturated carbocycles. The van der Waals surface area contributed by atoms with E-state index in [1.165, 1.54) is 32.1 Å². The molecule has 1 aliphatic carbocycles. The molecule has 4 heterocycles. The first-order chi connectivity index (χ1) is 20.1. The number of rotatable bonds is 7. The Balaban J connectivity index is 1.08. The Morgan fingerprint density at radius 2 is 1.76 bits per heavy atom. The van der Waals surface area contributed by atoms with Gasteiger partial charge in [0.25, 0.3) is 5.91 Å². The van der Waals surface area contributed by atoms with Crippen molar-refractivity contribution in [2.45, 2.75) is 82.0 Å². The number of ether oxygens (including phenoxy) is 1. The summed E-state index contributed by atoms with van der Waals surface area (Å²) in [4.78, 5) is 20.7. The Morgan fingerprint density at radius 3 is 2.49 bits per heavy atom. The molecule has 2 aliphatic heterocycles. The van der Waals surface area contributed by atoms with Crippen molar-refractivity contribution in [3.05, 3.63) is 78.1 Å². The van der Waals surface area contributed by atoms with E-state index in [0.717, 1.165) is 59.3 Å². The van der Waals surface area contributed by atoms with Crippen LogP contribution in [0.5, 0.6) is 5.75 Å². The van der Waals surface area contributed by atoms with Gasteiger partial charge in [-0.2, -0.15) is 5.10 Å². The lowest BCUT2D eigenvalue weighted by molar-refractivity contribution is 0.000143. The van der Waals surface area contributed by atoms with Gasteiger partial charge in [-0.05, 0) is 106 Å². The molecule has 3 fully saturated rings. The third kappa shape index (κ3) is 5.35. The number of nitrogens with one attached hydrogen (secondary N) is 2. The molecular weight excluding hydrogens is 510 g/mol. The highest BCUT2D eigenvalue weighted by atomic mass is 16.5. The highest BCUT2D eigenvalue weighted by molar-refractivity contribution is 6.01. The predicted octanol–water partition coefficient (Wildman–Crippen LogP) is 6.68. The van der Waals surface area contributed by atoms with Gasteiger partial charge in [-0.3, -0.25) is 14.9 Å². The molecule has 7 heteroatoms. The molecule has 212 valence electrons. The van der Waals surface area contributed by atoms with E-state index in [1.54, 1.807) is 0 Å². The quantitative estimate of drug-likeness (QED) is 0.269. The predicted molar refractivity (Wildman–Crippen MR) is 161 cm³/mol. The van der Waals surface area contributed by atoms with Crippen LogP contribution in [0.3, 0.4) is 0 Å². The molecule has 1 amide bonds. The summed E-state index contributed by atoms with van der Waals surface area (Å²) in [5.74, 6) is 1.25. The van der Waals surface area contributed by atoms with Crippen LogP contribution in [0.15, 0.2) is 66.9 Å². The third-order valence-electron chi connectivity index (χ3n) is 9.72. The Morgan fingerprint density at radius 1 is 0.976 bits per heavy atom. The first kappa shape index (κ1) is 26.2. The second-order valence-electron chi connectivity index (χ2n) is 12.2. The van der Waals surface area contributed by atoms with Gasteiger partial charge in [0.1, 0.15) is 11.9 Å². The molecule has 41 heavy (non-hydrogen) atoms. The number of nitrogens with zero attached hydrogens (tertiary/aromatic N) is 3. The van der Waals surface area contributed by atoms with Crippen LogP contribution in [0.2, 0.25) is 0 Å². The molecular formula is C34H39N5O2. The maximum absolute atomic E-state index is 13.5. The zero-order valence-corrected chi connectivity index (χ0v) is 23.8. The molecule has 0 radical (unpaired) electrons. The number of carbonyl (C=O) groups excluding carboxylic acids is 1. The number of pyridine rings is 1. The number of aromatic nitrogens is 3. The highest BCUT2D eigenvalue weighted by Crippen LogP contribution is 2.37. The minimum Gasteiger partial charge on any atom is -0.490 e. The summed E-state index contributed by atoms with van der Waals surface area (Å²) >= 11 is 0. The summed E-state index contributed by atoms with van der Waals surface area (Å²) in [5.41, 5.74) is 4.31. The van der Waals surface area contributed by atoms with E-state index in [9.17, 15) is 4.79 Å². The standard InChI is InChI=1S/C34H39N5O2/c1-39-25-9-6-10-26(39)21-28(20-25)41-27-15-12-23(13-16-27)32-29-19-24(14-17-30(29)37-38-32)34(40)36-33(22-7-2-3-8-22)31-11-4-5-18-35-31/h4-5,11-19,22,25-26,28,33H,2-3,6-10,20-21H2,1H3,(H,36,40)(H,37,38)/t25-,26+,28?,33?. The topological polar surface area (TPSA) is 83.1 Å². The van der Waals surface area contributed by atoms with Crippen LogP contribution < -0.4 is 10.1 Å². The van der Waals surface area contributed by atoms with Crippen LogP contribution >= 0.6 is 0 Å². The van der Waals surface area contributed by atoms with E-state index in [0.29, 0.717) is 23.6 Å². The van der Waals surface area contributed by atoms with E-state index in [2.05, 4.69) is 56.7 Å². The number of piperidine rings is 2. The lowest BCUT2D eigenvalue weighted by Crippen LogP contribution is -2.52. The monoisotopic (exact) mass is 549 g/mol. The van der Waals surface area contributed by atoms with Gasteiger partial charge in [0.05, 0.1) is 22.9 Å². The van der Waals surface area contributed by atoms with Crippen LogP contribution in [0, 0.1) is 5.92 Å². The smallest absolute Gasteiger partial charge is 0.251 e. The average molecular weight is 550 g/mol. The molecule has 3 aliphatic rings. The fraction of sp³-hybridized carbons (Fsp3) is 0.441. The molecule has 7 nitrogen and oxygen atoms in total. The molecule has 2 unspecified atom stereocenters. The second kappa shape index (κ2) is 11.3. The van der Waals surface area contributed by atoms with Crippen molar-refractivity contribution < 1.29 is 9.53 Å². The Labute approximate surface area is 241 Å². The van der Waals surface area contributed by atoms with Crippen molar-refractivity contribution in [3.8, 4) is 17.0 Å². The highest BCUT2D eigenvalue weighted by Gasteiger charge is 2.37. The summed E-state index contributed by atoms with van der Waals surface area (Å²) in [6, 6.07) is 21.2. The minimum atomic E-state index is -0.0811. The number of aromatic amines is 1. The summed E-state index contributed by atoms with van der Waals surface area (Å²) < 4.78 is 6.45. The Hall–Kier alpha value is -3.71. The van der Waals surface area contributed by atoms with Gasteiger partial charge in [-0.15, -0.1) is 0 Å². The summed E-state index contributed by atoms with van der Waals surface area (Å²) in [7, 11) is 2.28. The van der Waals surface area contributed by atoms with E-state index in [1.807, 2.05) is 42.6 Å². The largest absolute Gasteiger partial charge is 0.490 e. The molecule has 2 bridgehead atoms. The molecule has 4 aromatic rings. The van der Waals surface area contributed by atoms with Crippen LogP contribution in [-0.4, -0.2) is 51.2 Å². The number of carbonyl (C=O) groups is 1. The zero-order valence-electron chi connectivity index (χ0n) is 23.8. The molecule has 4 atom stereocenters. The van der Waals surface area contributed by atoms with Crippen LogP contribution in [-0.2, 0) is 0 Å². The summed E-state index contributed by atoms with van der Waals surface area (Å²) in [6.45, 7) is 0. The molecule has 0 spiro atoms. The number of benzene rings is 2. The number of fused-ring (bicyclic) bond motifs is 3. The number of H-pyrrole nitrogens is 1. The van der Waals surface area contributed by atoms with Gasteiger partial charge < -0.3 is 15.0 Å². The average Bonchev–Trinajstić information content (AvgIpc) is 3.68. The first-order valence-corrected chi connectivity index (χ1v) is 15.3. The van der Waals surface area contributed by atoms with E-state index < -0.39 is 0 Å². The van der Waals surface area contributed by atoms with E-state index in [4.69, 9.17) is 4.74 Å². The number of hydrogen-bond acceptors (Lipinski definition) is 5. The van der Waals surface area contributed by atoms with Crippen molar-refractivity contribution in [1.29, 1.82) is 0 Å². The van der Waals surface area contributed by atoms with Crippen molar-refractivity contribution in [1.82, 2.24) is 25.4 Å². The molecule has 2 aromatic heterocycles. The summed E-state index contributed by atoms with van der Waals surface area (Å²) in [6.07, 6.45) is 12.8. The van der Waals surface area contributed by atoms with E-state index >= 15 is 0 Å². The molecule has 2 saturated heterocycles. The normalized spacial score (nSPS) is 23.9. The van der Waals surface area contributed by atoms with Gasteiger partial charge in [0, 0.05) is 34.8 Å². The maximum atomic E-state index is 13.5.